The van der Waals surface area contributed by atoms with E-state index in [9.17, 15) is 15.0 Å². The number of aliphatic hydroxyl groups excluding tert-OH is 2. The lowest BCUT2D eigenvalue weighted by atomic mass is 10.0. The van der Waals surface area contributed by atoms with Crippen LogP contribution in [0.3, 0.4) is 0 Å². The largest absolute Gasteiger partial charge is 0.493 e. The highest BCUT2D eigenvalue weighted by Crippen LogP contribution is 2.24. The van der Waals surface area contributed by atoms with Crippen LogP contribution in [0.15, 0.2) is 23.3 Å². The molecule has 0 fully saturated rings. The first-order chi connectivity index (χ1) is 9.13. The number of hydrogen-bond donors (Lipinski definition) is 2. The van der Waals surface area contributed by atoms with Gasteiger partial charge in [-0.15, -0.1) is 0 Å². The molecule has 0 spiro atoms. The van der Waals surface area contributed by atoms with E-state index in [0.29, 0.717) is 24.2 Å². The molecule has 0 saturated heterocycles. The van der Waals surface area contributed by atoms with Gasteiger partial charge in [-0.2, -0.15) is 0 Å². The highest BCUT2D eigenvalue weighted by atomic mass is 16.5. The number of nitrogens with zero attached hydrogens (tertiary/aromatic N) is 3. The fourth-order valence-electron chi connectivity index (χ4n) is 1.57. The number of benzene rings is 1. The minimum Gasteiger partial charge on any atom is -0.493 e. The topological polar surface area (TPSA) is 116 Å². The molecule has 102 valence electrons. The van der Waals surface area contributed by atoms with Crippen LogP contribution < -0.4 is 4.74 Å². The Hall–Kier alpha value is -2.08. The average molecular weight is 265 g/mol. The lowest BCUT2D eigenvalue weighted by Gasteiger charge is -2.17. The second kappa shape index (κ2) is 7.38. The summed E-state index contributed by atoms with van der Waals surface area (Å²) < 4.78 is 5.25. The third-order valence-electron chi connectivity index (χ3n) is 2.50. The van der Waals surface area contributed by atoms with Gasteiger partial charge in [0.15, 0.2) is 6.29 Å². The second-order valence-corrected chi connectivity index (χ2v) is 3.77. The van der Waals surface area contributed by atoms with Crippen LogP contribution >= 0.6 is 0 Å². The smallest absolute Gasteiger partial charge is 0.153 e. The van der Waals surface area contributed by atoms with Gasteiger partial charge >= 0.3 is 0 Å². The van der Waals surface area contributed by atoms with Crippen molar-refractivity contribution in [3.63, 3.8) is 0 Å². The summed E-state index contributed by atoms with van der Waals surface area (Å²) in [5.74, 6) is 0.415. The predicted octanol–water partition coefficient (Wildman–Crippen LogP) is 1.60. The fraction of sp³-hybridized carbons (Fsp3) is 0.417. The molecule has 1 aromatic carbocycles. The van der Waals surface area contributed by atoms with Crippen LogP contribution in [0.25, 0.3) is 10.4 Å². The first-order valence-electron chi connectivity index (χ1n) is 5.73. The van der Waals surface area contributed by atoms with E-state index in [1.165, 1.54) is 6.07 Å². The van der Waals surface area contributed by atoms with E-state index in [1.807, 2.05) is 0 Å². The molecule has 19 heavy (non-hydrogen) atoms. The van der Waals surface area contributed by atoms with E-state index in [1.54, 1.807) is 19.1 Å². The highest BCUT2D eigenvalue weighted by molar-refractivity contribution is 5.79. The number of rotatable bonds is 7. The summed E-state index contributed by atoms with van der Waals surface area (Å²) in [5, 5.41) is 22.7. The van der Waals surface area contributed by atoms with Crippen LogP contribution in [0.4, 0.5) is 0 Å². The molecule has 7 nitrogen and oxygen atoms in total. The number of azide groups is 1. The Kier molecular flexibility index (Phi) is 5.81. The number of hydrogen-bond acceptors (Lipinski definition) is 5. The van der Waals surface area contributed by atoms with E-state index in [2.05, 4.69) is 10.0 Å². The van der Waals surface area contributed by atoms with E-state index in [0.717, 1.165) is 0 Å². The van der Waals surface area contributed by atoms with E-state index in [4.69, 9.17) is 10.3 Å². The van der Waals surface area contributed by atoms with Gasteiger partial charge in [0.05, 0.1) is 24.8 Å². The van der Waals surface area contributed by atoms with Gasteiger partial charge in [0.1, 0.15) is 11.9 Å². The van der Waals surface area contributed by atoms with Crippen molar-refractivity contribution in [2.45, 2.75) is 19.1 Å². The van der Waals surface area contributed by atoms with Gasteiger partial charge in [-0.25, -0.2) is 0 Å². The second-order valence-electron chi connectivity index (χ2n) is 3.77. The summed E-state index contributed by atoms with van der Waals surface area (Å²) in [6.07, 6.45) is -1.85. The lowest BCUT2D eigenvalue weighted by molar-refractivity contribution is 0.0243. The summed E-state index contributed by atoms with van der Waals surface area (Å²) in [7, 11) is 0. The van der Waals surface area contributed by atoms with Crippen LogP contribution in [0.1, 0.15) is 28.9 Å². The predicted molar refractivity (Wildman–Crippen MR) is 68.0 cm³/mol. The Morgan fingerprint density at radius 2 is 2.26 bits per heavy atom. The highest BCUT2D eigenvalue weighted by Gasteiger charge is 2.19. The molecule has 2 atom stereocenters. The molecule has 0 aliphatic carbocycles. The van der Waals surface area contributed by atoms with Crippen LogP contribution in [0, 0.1) is 0 Å². The number of carbonyl (C=O) groups is 1. The summed E-state index contributed by atoms with van der Waals surface area (Å²) in [5.41, 5.74) is 8.79. The van der Waals surface area contributed by atoms with Crippen LogP contribution in [-0.4, -0.2) is 35.8 Å². The zero-order valence-electron chi connectivity index (χ0n) is 10.4. The van der Waals surface area contributed by atoms with Crippen LogP contribution in [0.5, 0.6) is 5.75 Å². The number of carbonyl (C=O) groups excluding carboxylic acids is 1. The van der Waals surface area contributed by atoms with Crippen LogP contribution in [-0.2, 0) is 0 Å². The van der Waals surface area contributed by atoms with Crippen molar-refractivity contribution >= 4 is 6.29 Å². The third-order valence-corrected chi connectivity index (χ3v) is 2.50. The Morgan fingerprint density at radius 1 is 1.53 bits per heavy atom. The average Bonchev–Trinajstić information content (AvgIpc) is 2.44. The standard InChI is InChI=1S/C12H15N3O4/c1-2-19-11-4-3-8(5-9(11)7-16)12(18)10(17)6-14-15-13/h3-5,7,10,12,17-18H,2,6H2,1H3. The van der Waals surface area contributed by atoms with Gasteiger partial charge in [-0.3, -0.25) is 4.79 Å². The first-order valence-corrected chi connectivity index (χ1v) is 5.73. The zero-order chi connectivity index (χ0) is 14.3. The number of ether oxygens (including phenoxy) is 1. The Morgan fingerprint density at radius 3 is 2.84 bits per heavy atom. The molecule has 2 unspecified atom stereocenters. The van der Waals surface area contributed by atoms with E-state index < -0.39 is 12.2 Å². The molecular weight excluding hydrogens is 250 g/mol. The molecule has 0 saturated carbocycles. The molecule has 1 rings (SSSR count). The van der Waals surface area contributed by atoms with Crippen molar-refractivity contribution in [3.05, 3.63) is 39.8 Å². The van der Waals surface area contributed by atoms with Crippen LogP contribution in [0.2, 0.25) is 0 Å². The Bertz CT molecular complexity index is 486. The molecule has 0 amide bonds. The normalized spacial score (nSPS) is 13.2. The molecule has 0 aliphatic rings. The minimum atomic E-state index is -1.24. The molecule has 0 aromatic heterocycles. The monoisotopic (exact) mass is 265 g/mol. The first kappa shape index (κ1) is 15.0. The van der Waals surface area contributed by atoms with Crippen molar-refractivity contribution in [1.82, 2.24) is 0 Å². The fourth-order valence-corrected chi connectivity index (χ4v) is 1.57. The van der Waals surface area contributed by atoms with E-state index in [-0.39, 0.29) is 12.1 Å². The van der Waals surface area contributed by atoms with Gasteiger partial charge in [-0.05, 0) is 30.2 Å². The lowest BCUT2D eigenvalue weighted by Crippen LogP contribution is -2.21. The van der Waals surface area contributed by atoms with Crippen molar-refractivity contribution in [3.8, 4) is 5.75 Å². The quantitative estimate of drug-likeness (QED) is 0.337. The number of aliphatic hydroxyl groups is 2. The summed E-state index contributed by atoms with van der Waals surface area (Å²) in [6.45, 7) is 1.96. The molecule has 0 heterocycles. The molecule has 0 radical (unpaired) electrons. The maximum Gasteiger partial charge on any atom is 0.153 e. The van der Waals surface area contributed by atoms with Crippen molar-refractivity contribution in [1.29, 1.82) is 0 Å². The van der Waals surface area contributed by atoms with Crippen molar-refractivity contribution < 1.29 is 19.7 Å². The molecular formula is C12H15N3O4. The summed E-state index contributed by atoms with van der Waals surface area (Å²) in [6, 6.07) is 4.52. The molecule has 2 N–H and O–H groups in total. The Labute approximate surface area is 110 Å². The molecule has 7 heteroatoms. The maximum atomic E-state index is 10.9. The van der Waals surface area contributed by atoms with Gasteiger partial charge in [0, 0.05) is 4.91 Å². The molecule has 0 bridgehead atoms. The van der Waals surface area contributed by atoms with Crippen molar-refractivity contribution in [2.24, 2.45) is 5.11 Å². The molecule has 1 aromatic rings. The SMILES string of the molecule is CCOc1ccc(C(O)C(O)CN=[N+]=[N-])cc1C=O. The summed E-state index contributed by atoms with van der Waals surface area (Å²) >= 11 is 0. The van der Waals surface area contributed by atoms with E-state index >= 15 is 0 Å². The maximum absolute atomic E-state index is 10.9. The molecule has 0 aliphatic heterocycles. The third kappa shape index (κ3) is 3.96. The van der Waals surface area contributed by atoms with Gasteiger partial charge in [0.2, 0.25) is 0 Å². The summed E-state index contributed by atoms with van der Waals surface area (Å²) in [4.78, 5) is 13.4. The van der Waals surface area contributed by atoms with Gasteiger partial charge in [0.25, 0.3) is 0 Å². The van der Waals surface area contributed by atoms with Gasteiger partial charge in [-0.1, -0.05) is 11.2 Å². The zero-order valence-corrected chi connectivity index (χ0v) is 10.4. The Balaban J connectivity index is 2.94. The van der Waals surface area contributed by atoms with Gasteiger partial charge < -0.3 is 14.9 Å². The number of aldehydes is 1. The van der Waals surface area contributed by atoms with Crippen molar-refractivity contribution in [2.75, 3.05) is 13.2 Å². The minimum absolute atomic E-state index is 0.249.